The largest absolute Gasteiger partial charge is 0.370 e. The Kier molecular flexibility index (Phi) is 5.97. The van der Waals surface area contributed by atoms with Gasteiger partial charge in [0.05, 0.1) is 22.7 Å². The van der Waals surface area contributed by atoms with Crippen molar-refractivity contribution >= 4 is 26.4 Å². The molecule has 0 bridgehead atoms. The lowest BCUT2D eigenvalue weighted by Crippen LogP contribution is -2.41. The van der Waals surface area contributed by atoms with Gasteiger partial charge in [0, 0.05) is 43.8 Å². The number of hydrogen-bond acceptors (Lipinski definition) is 5. The van der Waals surface area contributed by atoms with E-state index in [0.29, 0.717) is 19.1 Å². The number of nitrogens with zero attached hydrogens (tertiary/aromatic N) is 2. The molecular formula is C25H32N4O2S. The fraction of sp³-hybridized carbons (Fsp3) is 0.440. The summed E-state index contributed by atoms with van der Waals surface area (Å²) in [4.78, 5) is 8.40. The second kappa shape index (κ2) is 8.89. The first-order valence-corrected chi connectivity index (χ1v) is 13.4. The van der Waals surface area contributed by atoms with Crippen molar-refractivity contribution in [1.82, 2.24) is 15.2 Å². The monoisotopic (exact) mass is 452 g/mol. The maximum absolute atomic E-state index is 11.8. The van der Waals surface area contributed by atoms with Gasteiger partial charge in [-0.15, -0.1) is 0 Å². The SMILES string of the molecule is CN(c1cc(CN2CCS(=O)(=O)CC2)cc2cc(-c3ccccc3)[nH]c12)C1CCNCC1. The highest BCUT2D eigenvalue weighted by Crippen LogP contribution is 2.34. The zero-order chi connectivity index (χ0) is 22.1. The van der Waals surface area contributed by atoms with Gasteiger partial charge in [-0.05, 0) is 55.3 Å². The molecule has 0 radical (unpaired) electrons. The summed E-state index contributed by atoms with van der Waals surface area (Å²) in [6, 6.07) is 17.8. The van der Waals surface area contributed by atoms with Gasteiger partial charge in [0.25, 0.3) is 0 Å². The Morgan fingerprint density at radius 3 is 2.47 bits per heavy atom. The minimum absolute atomic E-state index is 0.263. The number of benzene rings is 2. The molecule has 0 unspecified atom stereocenters. The van der Waals surface area contributed by atoms with Crippen molar-refractivity contribution in [3.63, 3.8) is 0 Å². The van der Waals surface area contributed by atoms with Crippen molar-refractivity contribution in [2.45, 2.75) is 25.4 Å². The molecule has 2 fully saturated rings. The van der Waals surface area contributed by atoms with Crippen molar-refractivity contribution in [3.8, 4) is 11.3 Å². The Morgan fingerprint density at radius 1 is 1.03 bits per heavy atom. The molecule has 2 aliphatic rings. The molecule has 32 heavy (non-hydrogen) atoms. The van der Waals surface area contributed by atoms with E-state index >= 15 is 0 Å². The standard InChI is InChI=1S/C25H32N4O2S/c1-28(22-7-9-26-10-8-22)24-16-19(18-29-11-13-32(30,31)14-12-29)15-21-17-23(27-25(21)24)20-5-3-2-4-6-20/h2-6,15-17,22,26-27H,7-14,18H2,1H3. The second-order valence-electron chi connectivity index (χ2n) is 9.15. The van der Waals surface area contributed by atoms with Crippen LogP contribution in [0.2, 0.25) is 0 Å². The Balaban J connectivity index is 1.51. The predicted molar refractivity (Wildman–Crippen MR) is 132 cm³/mol. The Morgan fingerprint density at radius 2 is 1.75 bits per heavy atom. The zero-order valence-corrected chi connectivity index (χ0v) is 19.5. The first-order chi connectivity index (χ1) is 15.5. The van der Waals surface area contributed by atoms with E-state index in [-0.39, 0.29) is 11.5 Å². The summed E-state index contributed by atoms with van der Waals surface area (Å²) in [5, 5.41) is 4.68. The van der Waals surface area contributed by atoms with Crippen molar-refractivity contribution in [2.75, 3.05) is 49.6 Å². The quantitative estimate of drug-likeness (QED) is 0.622. The molecule has 7 heteroatoms. The molecule has 0 amide bonds. The second-order valence-corrected chi connectivity index (χ2v) is 11.5. The number of anilines is 1. The van der Waals surface area contributed by atoms with Crippen LogP contribution in [0.15, 0.2) is 48.5 Å². The number of H-pyrrole nitrogens is 1. The molecule has 0 aliphatic carbocycles. The van der Waals surface area contributed by atoms with Crippen molar-refractivity contribution in [3.05, 3.63) is 54.1 Å². The van der Waals surface area contributed by atoms with Gasteiger partial charge in [0.2, 0.25) is 0 Å². The molecule has 5 rings (SSSR count). The Labute approximate surface area is 190 Å². The fourth-order valence-electron chi connectivity index (χ4n) is 4.99. The third-order valence-electron chi connectivity index (χ3n) is 6.93. The predicted octanol–water partition coefficient (Wildman–Crippen LogP) is 3.25. The van der Waals surface area contributed by atoms with Crippen LogP contribution in [0, 0.1) is 0 Å². The molecule has 1 aromatic heterocycles. The van der Waals surface area contributed by atoms with Gasteiger partial charge in [-0.3, -0.25) is 4.90 Å². The van der Waals surface area contributed by atoms with Crippen LogP contribution in [0.3, 0.4) is 0 Å². The third-order valence-corrected chi connectivity index (χ3v) is 8.54. The van der Waals surface area contributed by atoms with Gasteiger partial charge in [-0.1, -0.05) is 30.3 Å². The topological polar surface area (TPSA) is 68.4 Å². The molecule has 2 saturated heterocycles. The molecule has 2 N–H and O–H groups in total. The molecule has 0 atom stereocenters. The highest BCUT2D eigenvalue weighted by Gasteiger charge is 2.24. The number of fused-ring (bicyclic) bond motifs is 1. The van der Waals surface area contributed by atoms with Gasteiger partial charge < -0.3 is 15.2 Å². The molecule has 170 valence electrons. The van der Waals surface area contributed by atoms with Gasteiger partial charge in [-0.25, -0.2) is 8.42 Å². The summed E-state index contributed by atoms with van der Waals surface area (Å²) in [7, 11) is -0.654. The summed E-state index contributed by atoms with van der Waals surface area (Å²) < 4.78 is 23.7. The molecule has 2 aromatic carbocycles. The van der Waals surface area contributed by atoms with Crippen molar-refractivity contribution < 1.29 is 8.42 Å². The molecule has 0 saturated carbocycles. The number of hydrogen-bond donors (Lipinski definition) is 2. The maximum Gasteiger partial charge on any atom is 0.152 e. The van der Waals surface area contributed by atoms with Crippen molar-refractivity contribution in [1.29, 1.82) is 0 Å². The fourth-order valence-corrected chi connectivity index (χ4v) is 6.26. The van der Waals surface area contributed by atoms with Crippen molar-refractivity contribution in [2.24, 2.45) is 0 Å². The van der Waals surface area contributed by atoms with Crippen LogP contribution in [0.25, 0.3) is 22.2 Å². The molecular weight excluding hydrogens is 420 g/mol. The Hall–Kier alpha value is -2.35. The maximum atomic E-state index is 11.8. The Bertz CT molecular complexity index is 1170. The lowest BCUT2D eigenvalue weighted by atomic mass is 10.0. The minimum atomic E-state index is -2.87. The molecule has 3 heterocycles. The third kappa shape index (κ3) is 4.56. The molecule has 3 aromatic rings. The molecule has 0 spiro atoms. The van der Waals surface area contributed by atoms with E-state index in [1.807, 2.05) is 6.07 Å². The van der Waals surface area contributed by atoms with Crippen LogP contribution < -0.4 is 10.2 Å². The normalized spacial score (nSPS) is 19.9. The lowest BCUT2D eigenvalue weighted by molar-refractivity contribution is 0.288. The first-order valence-electron chi connectivity index (χ1n) is 11.6. The summed E-state index contributed by atoms with van der Waals surface area (Å²) in [5.74, 6) is 0.527. The van der Waals surface area contributed by atoms with Crippen LogP contribution in [-0.2, 0) is 16.4 Å². The van der Waals surface area contributed by atoms with Crippen LogP contribution in [0.5, 0.6) is 0 Å². The number of rotatable bonds is 5. The van der Waals surface area contributed by atoms with E-state index in [0.717, 1.165) is 38.2 Å². The van der Waals surface area contributed by atoms with Gasteiger partial charge >= 0.3 is 0 Å². The van der Waals surface area contributed by atoms with Gasteiger partial charge in [0.15, 0.2) is 9.84 Å². The van der Waals surface area contributed by atoms with E-state index in [9.17, 15) is 8.42 Å². The summed E-state index contributed by atoms with van der Waals surface area (Å²) in [5.41, 5.74) is 5.96. The van der Waals surface area contributed by atoms with Crippen LogP contribution in [-0.4, -0.2) is 69.1 Å². The number of aromatic amines is 1. The summed E-state index contributed by atoms with van der Waals surface area (Å²) >= 11 is 0. The first kappa shape index (κ1) is 21.5. The zero-order valence-electron chi connectivity index (χ0n) is 18.7. The molecule has 2 aliphatic heterocycles. The van der Waals surface area contributed by atoms with E-state index < -0.39 is 9.84 Å². The average Bonchev–Trinajstić information content (AvgIpc) is 3.25. The smallest absolute Gasteiger partial charge is 0.152 e. The lowest BCUT2D eigenvalue weighted by Gasteiger charge is -2.34. The van der Waals surface area contributed by atoms with E-state index in [1.54, 1.807) is 0 Å². The molecule has 6 nitrogen and oxygen atoms in total. The minimum Gasteiger partial charge on any atom is -0.370 e. The highest BCUT2D eigenvalue weighted by atomic mass is 32.2. The van der Waals surface area contributed by atoms with E-state index in [1.165, 1.54) is 27.7 Å². The number of nitrogens with one attached hydrogen (secondary N) is 2. The van der Waals surface area contributed by atoms with E-state index in [2.05, 4.69) is 69.6 Å². The van der Waals surface area contributed by atoms with E-state index in [4.69, 9.17) is 0 Å². The number of aromatic nitrogens is 1. The summed E-state index contributed by atoms with van der Waals surface area (Å²) in [6.07, 6.45) is 2.27. The van der Waals surface area contributed by atoms with Crippen LogP contribution in [0.4, 0.5) is 5.69 Å². The van der Waals surface area contributed by atoms with Gasteiger partial charge in [0.1, 0.15) is 0 Å². The number of sulfone groups is 1. The highest BCUT2D eigenvalue weighted by molar-refractivity contribution is 7.91. The summed E-state index contributed by atoms with van der Waals surface area (Å²) in [6.45, 7) is 4.12. The van der Waals surface area contributed by atoms with Crippen LogP contribution >= 0.6 is 0 Å². The van der Waals surface area contributed by atoms with Gasteiger partial charge in [-0.2, -0.15) is 0 Å². The number of piperidine rings is 1. The van der Waals surface area contributed by atoms with Crippen LogP contribution in [0.1, 0.15) is 18.4 Å². The average molecular weight is 453 g/mol.